The zero-order valence-electron chi connectivity index (χ0n) is 19.6. The maximum Gasteiger partial charge on any atom is 0.216 e. The fraction of sp³-hybridized carbons (Fsp3) is 0.233. The Hall–Kier alpha value is -3.79. The number of amides is 1. The number of nitrogens with one attached hydrogen (secondary N) is 1. The van der Waals surface area contributed by atoms with Crippen molar-refractivity contribution in [1.29, 1.82) is 0 Å². The van der Waals surface area contributed by atoms with Crippen molar-refractivity contribution in [3.8, 4) is 22.6 Å². The quantitative estimate of drug-likeness (QED) is 0.267. The fourth-order valence-electron chi connectivity index (χ4n) is 3.96. The van der Waals surface area contributed by atoms with Gasteiger partial charge >= 0.3 is 0 Å². The molecule has 0 aromatic heterocycles. The summed E-state index contributed by atoms with van der Waals surface area (Å²) in [6, 6.07) is 31.1. The van der Waals surface area contributed by atoms with Crippen LogP contribution in [0.25, 0.3) is 21.9 Å². The topological polar surface area (TPSA) is 47.6 Å². The fourth-order valence-corrected chi connectivity index (χ4v) is 3.96. The predicted octanol–water partition coefficient (Wildman–Crippen LogP) is 6.42. The highest BCUT2D eigenvalue weighted by molar-refractivity contribution is 5.87. The number of rotatable bonds is 11. The van der Waals surface area contributed by atoms with E-state index in [4.69, 9.17) is 9.47 Å². The molecule has 0 atom stereocenters. The zero-order valence-corrected chi connectivity index (χ0v) is 19.6. The Balaban J connectivity index is 1.21. The molecule has 4 aromatic carbocycles. The lowest BCUT2D eigenvalue weighted by atomic mass is 10.0. The van der Waals surface area contributed by atoms with Crippen LogP contribution in [-0.2, 0) is 11.2 Å². The van der Waals surface area contributed by atoms with Crippen molar-refractivity contribution < 1.29 is 14.3 Å². The molecule has 0 aliphatic heterocycles. The van der Waals surface area contributed by atoms with E-state index in [-0.39, 0.29) is 5.91 Å². The first kappa shape index (κ1) is 23.4. The Morgan fingerprint density at radius 3 is 2.15 bits per heavy atom. The number of hydrogen-bond acceptors (Lipinski definition) is 3. The van der Waals surface area contributed by atoms with Crippen LogP contribution in [0.5, 0.6) is 11.5 Å². The van der Waals surface area contributed by atoms with E-state index in [1.54, 1.807) is 6.92 Å². The van der Waals surface area contributed by atoms with E-state index in [0.717, 1.165) is 30.8 Å². The van der Waals surface area contributed by atoms with Crippen molar-refractivity contribution in [2.45, 2.75) is 26.2 Å². The molecule has 0 saturated carbocycles. The lowest BCUT2D eigenvalue weighted by Crippen LogP contribution is -2.22. The average Bonchev–Trinajstić information content (AvgIpc) is 2.87. The van der Waals surface area contributed by atoms with Gasteiger partial charge in [-0.3, -0.25) is 4.79 Å². The van der Waals surface area contributed by atoms with E-state index in [1.165, 1.54) is 27.5 Å². The highest BCUT2D eigenvalue weighted by Gasteiger charge is 2.04. The van der Waals surface area contributed by atoms with E-state index < -0.39 is 0 Å². The van der Waals surface area contributed by atoms with Gasteiger partial charge in [-0.25, -0.2) is 0 Å². The molecule has 0 fully saturated rings. The van der Waals surface area contributed by atoms with Crippen molar-refractivity contribution in [3.63, 3.8) is 0 Å². The first-order valence-corrected chi connectivity index (χ1v) is 11.9. The molecule has 174 valence electrons. The summed E-state index contributed by atoms with van der Waals surface area (Å²) >= 11 is 0. The van der Waals surface area contributed by atoms with Crippen LogP contribution in [0, 0.1) is 0 Å². The Morgan fingerprint density at radius 1 is 0.735 bits per heavy atom. The van der Waals surface area contributed by atoms with E-state index >= 15 is 0 Å². The van der Waals surface area contributed by atoms with Crippen LogP contribution in [0.1, 0.15) is 25.3 Å². The summed E-state index contributed by atoms with van der Waals surface area (Å²) in [5.74, 6) is 1.76. The molecule has 34 heavy (non-hydrogen) atoms. The Kier molecular flexibility index (Phi) is 8.18. The van der Waals surface area contributed by atoms with E-state index in [1.807, 2.05) is 36.4 Å². The van der Waals surface area contributed by atoms with E-state index in [2.05, 4.69) is 59.9 Å². The molecule has 0 saturated heterocycles. The van der Waals surface area contributed by atoms with Gasteiger partial charge in [0.1, 0.15) is 11.5 Å². The second-order valence-electron chi connectivity index (χ2n) is 8.33. The maximum atomic E-state index is 11.2. The third kappa shape index (κ3) is 6.61. The number of benzene rings is 4. The summed E-state index contributed by atoms with van der Waals surface area (Å²) in [5, 5.41) is 5.22. The number of fused-ring (bicyclic) bond motifs is 1. The van der Waals surface area contributed by atoms with Gasteiger partial charge in [-0.2, -0.15) is 0 Å². The van der Waals surface area contributed by atoms with Crippen molar-refractivity contribution in [1.82, 2.24) is 5.32 Å². The second-order valence-corrected chi connectivity index (χ2v) is 8.33. The van der Waals surface area contributed by atoms with E-state index in [9.17, 15) is 4.79 Å². The minimum Gasteiger partial charge on any atom is -0.494 e. The Labute approximate surface area is 201 Å². The normalized spacial score (nSPS) is 10.7. The molecule has 0 radical (unpaired) electrons. The van der Waals surface area contributed by atoms with Crippen LogP contribution in [0.3, 0.4) is 0 Å². The maximum absolute atomic E-state index is 11.2. The van der Waals surface area contributed by atoms with Gasteiger partial charge < -0.3 is 14.8 Å². The van der Waals surface area contributed by atoms with Gasteiger partial charge in [-0.05, 0) is 71.0 Å². The minimum absolute atomic E-state index is 0.00237. The first-order valence-electron chi connectivity index (χ1n) is 11.9. The summed E-state index contributed by atoms with van der Waals surface area (Å²) in [6.07, 6.45) is 2.64. The number of hydrogen-bond donors (Lipinski definition) is 1. The monoisotopic (exact) mass is 453 g/mol. The van der Waals surface area contributed by atoms with Gasteiger partial charge in [-0.15, -0.1) is 0 Å². The van der Waals surface area contributed by atoms with Crippen LogP contribution < -0.4 is 14.8 Å². The molecule has 1 amide bonds. The molecule has 1 N–H and O–H groups in total. The van der Waals surface area contributed by atoms with Gasteiger partial charge in [0.2, 0.25) is 5.91 Å². The standard InChI is InChI=1S/C30H31NO3/c1-23(32)31-19-18-27-11-7-10-26-14-17-29(22-30(26)27)34-21-6-5-20-33-28-15-12-25(13-16-28)24-8-3-2-4-9-24/h2-4,7-17,22H,5-6,18-21H2,1H3,(H,31,32). The summed E-state index contributed by atoms with van der Waals surface area (Å²) in [4.78, 5) is 11.2. The molecular weight excluding hydrogens is 422 g/mol. The largest absolute Gasteiger partial charge is 0.494 e. The van der Waals surface area contributed by atoms with Crippen LogP contribution in [-0.4, -0.2) is 25.7 Å². The van der Waals surface area contributed by atoms with Crippen LogP contribution in [0.2, 0.25) is 0 Å². The third-order valence-corrected chi connectivity index (χ3v) is 5.75. The molecule has 0 aliphatic rings. The first-order chi connectivity index (χ1) is 16.7. The molecular formula is C30H31NO3. The minimum atomic E-state index is -0.00237. The summed E-state index contributed by atoms with van der Waals surface area (Å²) in [5.41, 5.74) is 3.61. The van der Waals surface area contributed by atoms with Gasteiger partial charge in [0, 0.05) is 13.5 Å². The van der Waals surface area contributed by atoms with Gasteiger partial charge in [-0.1, -0.05) is 66.7 Å². The molecule has 4 rings (SSSR count). The van der Waals surface area contributed by atoms with Crippen LogP contribution in [0.4, 0.5) is 0 Å². The Bertz CT molecular complexity index is 1200. The lowest BCUT2D eigenvalue weighted by molar-refractivity contribution is -0.118. The number of carbonyl (C=O) groups is 1. The van der Waals surface area contributed by atoms with Crippen LogP contribution in [0.15, 0.2) is 91.0 Å². The summed E-state index contributed by atoms with van der Waals surface area (Å²) in [7, 11) is 0. The molecule has 0 spiro atoms. The molecule has 0 heterocycles. The molecule has 0 aliphatic carbocycles. The van der Waals surface area contributed by atoms with Crippen LogP contribution >= 0.6 is 0 Å². The molecule has 4 heteroatoms. The summed E-state index contributed by atoms with van der Waals surface area (Å²) < 4.78 is 11.9. The Morgan fingerprint density at radius 2 is 1.41 bits per heavy atom. The SMILES string of the molecule is CC(=O)NCCc1cccc2ccc(OCCCCOc3ccc(-c4ccccc4)cc3)cc12. The molecule has 4 nitrogen and oxygen atoms in total. The zero-order chi connectivity index (χ0) is 23.6. The average molecular weight is 454 g/mol. The molecule has 0 unspecified atom stereocenters. The molecule has 0 bridgehead atoms. The number of carbonyl (C=O) groups excluding carboxylic acids is 1. The number of unbranched alkanes of at least 4 members (excludes halogenated alkanes) is 1. The van der Waals surface area contributed by atoms with Crippen molar-refractivity contribution in [3.05, 3.63) is 96.6 Å². The van der Waals surface area contributed by atoms with Gasteiger partial charge in [0.05, 0.1) is 13.2 Å². The summed E-state index contributed by atoms with van der Waals surface area (Å²) in [6.45, 7) is 3.49. The van der Waals surface area contributed by atoms with Gasteiger partial charge in [0.15, 0.2) is 0 Å². The smallest absolute Gasteiger partial charge is 0.216 e. The highest BCUT2D eigenvalue weighted by atomic mass is 16.5. The van der Waals surface area contributed by atoms with E-state index in [0.29, 0.717) is 19.8 Å². The lowest BCUT2D eigenvalue weighted by Gasteiger charge is -2.11. The third-order valence-electron chi connectivity index (χ3n) is 5.75. The number of ether oxygens (including phenoxy) is 2. The highest BCUT2D eigenvalue weighted by Crippen LogP contribution is 2.25. The second kappa shape index (κ2) is 11.9. The van der Waals surface area contributed by atoms with Gasteiger partial charge in [0.25, 0.3) is 0 Å². The van der Waals surface area contributed by atoms with Crippen molar-refractivity contribution in [2.24, 2.45) is 0 Å². The molecule has 4 aromatic rings. The van der Waals surface area contributed by atoms with Crippen molar-refractivity contribution in [2.75, 3.05) is 19.8 Å². The predicted molar refractivity (Wildman–Crippen MR) is 138 cm³/mol. The van der Waals surface area contributed by atoms with Crippen molar-refractivity contribution >= 4 is 16.7 Å².